The van der Waals surface area contributed by atoms with Gasteiger partial charge >= 0.3 is 0 Å². The van der Waals surface area contributed by atoms with Gasteiger partial charge in [-0.25, -0.2) is 4.98 Å². The first-order valence-corrected chi connectivity index (χ1v) is 6.42. The fraction of sp³-hybridized carbons (Fsp3) is 0.769. The summed E-state index contributed by atoms with van der Waals surface area (Å²) in [5.41, 5.74) is 7.09. The minimum atomic E-state index is 0.0880. The van der Waals surface area contributed by atoms with Gasteiger partial charge in [-0.05, 0) is 31.6 Å². The van der Waals surface area contributed by atoms with Crippen LogP contribution in [0.4, 0.5) is 0 Å². The van der Waals surface area contributed by atoms with Crippen molar-refractivity contribution in [1.82, 2.24) is 9.55 Å². The van der Waals surface area contributed by atoms with Crippen LogP contribution >= 0.6 is 0 Å². The van der Waals surface area contributed by atoms with Crippen molar-refractivity contribution in [3.8, 4) is 0 Å². The number of nitrogens with zero attached hydrogens (tertiary/aromatic N) is 2. The van der Waals surface area contributed by atoms with Crippen LogP contribution in [0.2, 0.25) is 0 Å². The summed E-state index contributed by atoms with van der Waals surface area (Å²) in [7, 11) is 0. The summed E-state index contributed by atoms with van der Waals surface area (Å²) >= 11 is 0. The van der Waals surface area contributed by atoms with Gasteiger partial charge in [0.25, 0.3) is 0 Å². The second kappa shape index (κ2) is 5.00. The summed E-state index contributed by atoms with van der Waals surface area (Å²) < 4.78 is 2.24. The summed E-state index contributed by atoms with van der Waals surface area (Å²) in [6.07, 6.45) is 9.31. The van der Waals surface area contributed by atoms with Gasteiger partial charge in [-0.2, -0.15) is 0 Å². The molecule has 0 amide bonds. The number of nitrogens with two attached hydrogens (primary N) is 1. The zero-order chi connectivity index (χ0) is 11.5. The lowest BCUT2D eigenvalue weighted by Crippen LogP contribution is -2.20. The van der Waals surface area contributed by atoms with Gasteiger partial charge in [0.2, 0.25) is 0 Å². The minimum absolute atomic E-state index is 0.0880. The smallest absolute Gasteiger partial charge is 0.0948 e. The number of aromatic nitrogens is 2. The van der Waals surface area contributed by atoms with Gasteiger partial charge in [-0.15, -0.1) is 0 Å². The summed E-state index contributed by atoms with van der Waals surface area (Å²) in [6.45, 7) is 5.49. The largest absolute Gasteiger partial charge is 0.333 e. The highest BCUT2D eigenvalue weighted by molar-refractivity contribution is 5.03. The molecule has 1 aliphatic carbocycles. The molecular weight excluding hydrogens is 198 g/mol. The fourth-order valence-electron chi connectivity index (χ4n) is 2.65. The van der Waals surface area contributed by atoms with E-state index in [0.717, 1.165) is 18.4 Å². The van der Waals surface area contributed by atoms with Crippen molar-refractivity contribution in [2.45, 2.75) is 52.1 Å². The van der Waals surface area contributed by atoms with E-state index in [4.69, 9.17) is 5.73 Å². The maximum absolute atomic E-state index is 5.93. The SMILES string of the molecule is CC1CCC(Cn2cncc2C(C)N)CC1. The van der Waals surface area contributed by atoms with Crippen LogP contribution in [0, 0.1) is 11.8 Å². The first kappa shape index (κ1) is 11.6. The minimum Gasteiger partial charge on any atom is -0.333 e. The molecule has 2 rings (SSSR count). The molecule has 0 saturated heterocycles. The van der Waals surface area contributed by atoms with Crippen LogP contribution in [0.1, 0.15) is 51.3 Å². The molecule has 2 N–H and O–H groups in total. The Balaban J connectivity index is 1.96. The molecule has 0 aliphatic heterocycles. The van der Waals surface area contributed by atoms with E-state index in [-0.39, 0.29) is 6.04 Å². The van der Waals surface area contributed by atoms with E-state index in [0.29, 0.717) is 0 Å². The number of rotatable bonds is 3. The molecule has 0 spiro atoms. The predicted octanol–water partition coefficient (Wildman–Crippen LogP) is 2.73. The maximum atomic E-state index is 5.93. The third kappa shape index (κ3) is 2.64. The normalized spacial score (nSPS) is 27.9. The highest BCUT2D eigenvalue weighted by atomic mass is 15.1. The lowest BCUT2D eigenvalue weighted by molar-refractivity contribution is 0.262. The Morgan fingerprint density at radius 3 is 2.75 bits per heavy atom. The molecule has 1 aliphatic rings. The first-order chi connectivity index (χ1) is 7.66. The lowest BCUT2D eigenvalue weighted by atomic mass is 9.83. The van der Waals surface area contributed by atoms with Crippen molar-refractivity contribution in [3.05, 3.63) is 18.2 Å². The van der Waals surface area contributed by atoms with Crippen LogP contribution in [0.15, 0.2) is 12.5 Å². The second-order valence-corrected chi connectivity index (χ2v) is 5.39. The first-order valence-electron chi connectivity index (χ1n) is 6.42. The molecule has 1 heterocycles. The molecule has 1 aromatic rings. The average molecular weight is 221 g/mol. The maximum Gasteiger partial charge on any atom is 0.0948 e. The van der Waals surface area contributed by atoms with Crippen LogP contribution in [-0.4, -0.2) is 9.55 Å². The van der Waals surface area contributed by atoms with Crippen LogP contribution < -0.4 is 5.73 Å². The Morgan fingerprint density at radius 2 is 2.12 bits per heavy atom. The quantitative estimate of drug-likeness (QED) is 0.853. The van der Waals surface area contributed by atoms with Gasteiger partial charge in [-0.3, -0.25) is 0 Å². The molecule has 16 heavy (non-hydrogen) atoms. The Labute approximate surface area is 98.1 Å². The van der Waals surface area contributed by atoms with Crippen LogP contribution in [0.5, 0.6) is 0 Å². The molecule has 0 aromatic carbocycles. The van der Waals surface area contributed by atoms with Crippen LogP contribution in [0.25, 0.3) is 0 Å². The van der Waals surface area contributed by atoms with Gasteiger partial charge < -0.3 is 10.3 Å². The third-order valence-corrected chi connectivity index (χ3v) is 3.80. The zero-order valence-corrected chi connectivity index (χ0v) is 10.4. The molecule has 1 saturated carbocycles. The topological polar surface area (TPSA) is 43.8 Å². The molecule has 1 fully saturated rings. The van der Waals surface area contributed by atoms with Gasteiger partial charge in [0.15, 0.2) is 0 Å². The van der Waals surface area contributed by atoms with Crippen molar-refractivity contribution in [2.75, 3.05) is 0 Å². The standard InChI is InChI=1S/C13H23N3/c1-10-3-5-12(6-4-10)8-16-9-15-7-13(16)11(2)14/h7,9-12H,3-6,8,14H2,1-2H3. The Morgan fingerprint density at radius 1 is 1.44 bits per heavy atom. The Hall–Kier alpha value is -0.830. The van der Waals surface area contributed by atoms with Gasteiger partial charge in [-0.1, -0.05) is 19.8 Å². The monoisotopic (exact) mass is 221 g/mol. The summed E-state index contributed by atoms with van der Waals surface area (Å²) in [4.78, 5) is 4.21. The second-order valence-electron chi connectivity index (χ2n) is 5.39. The number of imidazole rings is 1. The van der Waals surface area contributed by atoms with E-state index < -0.39 is 0 Å². The lowest BCUT2D eigenvalue weighted by Gasteiger charge is -2.27. The van der Waals surface area contributed by atoms with Crippen molar-refractivity contribution >= 4 is 0 Å². The summed E-state index contributed by atoms with van der Waals surface area (Å²) in [6, 6.07) is 0.0880. The molecule has 3 nitrogen and oxygen atoms in total. The molecule has 3 heteroatoms. The van der Waals surface area contributed by atoms with E-state index in [1.807, 2.05) is 19.4 Å². The van der Waals surface area contributed by atoms with E-state index in [1.165, 1.54) is 31.4 Å². The van der Waals surface area contributed by atoms with Crippen LogP contribution in [0.3, 0.4) is 0 Å². The molecule has 0 bridgehead atoms. The molecule has 1 atom stereocenters. The predicted molar refractivity (Wildman–Crippen MR) is 66.0 cm³/mol. The Kier molecular flexibility index (Phi) is 3.64. The molecule has 90 valence electrons. The van der Waals surface area contributed by atoms with Crippen molar-refractivity contribution in [1.29, 1.82) is 0 Å². The fourth-order valence-corrected chi connectivity index (χ4v) is 2.65. The highest BCUT2D eigenvalue weighted by Gasteiger charge is 2.19. The van der Waals surface area contributed by atoms with Crippen molar-refractivity contribution < 1.29 is 0 Å². The molecule has 1 aromatic heterocycles. The van der Waals surface area contributed by atoms with Gasteiger partial charge in [0.05, 0.1) is 12.0 Å². The van der Waals surface area contributed by atoms with Crippen molar-refractivity contribution in [3.63, 3.8) is 0 Å². The van der Waals surface area contributed by atoms with E-state index in [2.05, 4.69) is 16.5 Å². The number of hydrogen-bond acceptors (Lipinski definition) is 2. The summed E-state index contributed by atoms with van der Waals surface area (Å²) in [5.74, 6) is 1.75. The molecule has 1 unspecified atom stereocenters. The van der Waals surface area contributed by atoms with Gasteiger partial charge in [0, 0.05) is 18.8 Å². The van der Waals surface area contributed by atoms with Crippen LogP contribution in [-0.2, 0) is 6.54 Å². The van der Waals surface area contributed by atoms with E-state index >= 15 is 0 Å². The molecule has 0 radical (unpaired) electrons. The Bertz CT molecular complexity index is 322. The zero-order valence-electron chi connectivity index (χ0n) is 10.4. The van der Waals surface area contributed by atoms with E-state index in [1.54, 1.807) is 0 Å². The number of hydrogen-bond donors (Lipinski definition) is 1. The summed E-state index contributed by atoms with van der Waals surface area (Å²) in [5, 5.41) is 0. The highest BCUT2D eigenvalue weighted by Crippen LogP contribution is 2.29. The van der Waals surface area contributed by atoms with Gasteiger partial charge in [0.1, 0.15) is 0 Å². The average Bonchev–Trinajstić information content (AvgIpc) is 2.69. The molecular formula is C13H23N3. The third-order valence-electron chi connectivity index (χ3n) is 3.80. The van der Waals surface area contributed by atoms with Crippen molar-refractivity contribution in [2.24, 2.45) is 17.6 Å². The van der Waals surface area contributed by atoms with E-state index in [9.17, 15) is 0 Å².